The zero-order valence-corrected chi connectivity index (χ0v) is 11.6. The Morgan fingerprint density at radius 3 is 2.33 bits per heavy atom. The molecule has 0 aromatic rings. The maximum atomic E-state index is 10.2. The summed E-state index contributed by atoms with van der Waals surface area (Å²) in [4.78, 5) is 0. The molecule has 1 heterocycles. The van der Waals surface area contributed by atoms with Crippen molar-refractivity contribution in [2.75, 3.05) is 19.5 Å². The van der Waals surface area contributed by atoms with Crippen LogP contribution in [-0.2, 0) is 4.74 Å². The van der Waals surface area contributed by atoms with Gasteiger partial charge in [-0.2, -0.15) is 0 Å². The van der Waals surface area contributed by atoms with Crippen molar-refractivity contribution < 1.29 is 9.84 Å². The van der Waals surface area contributed by atoms with Gasteiger partial charge in [-0.3, -0.25) is 0 Å². The molecule has 1 rings (SSSR count). The number of aliphatic hydroxyl groups excluding tert-OH is 1. The Morgan fingerprint density at radius 1 is 1.47 bits per heavy atom. The van der Waals surface area contributed by atoms with Crippen LogP contribution in [0.3, 0.4) is 0 Å². The molecule has 0 aromatic heterocycles. The predicted octanol–water partition coefficient (Wildman–Crippen LogP) is 0.831. The molecular formula is C11H24BO2P. The molecule has 0 radical (unpaired) electrons. The van der Waals surface area contributed by atoms with Crippen molar-refractivity contribution in [2.45, 2.75) is 38.5 Å². The van der Waals surface area contributed by atoms with Gasteiger partial charge in [0, 0.05) is 11.4 Å². The summed E-state index contributed by atoms with van der Waals surface area (Å²) >= 11 is 0. The van der Waals surface area contributed by atoms with Gasteiger partial charge in [0.2, 0.25) is 0 Å². The smallest absolute Gasteiger partial charge is 0.140 e. The van der Waals surface area contributed by atoms with Gasteiger partial charge < -0.3 is 9.84 Å². The molecular weight excluding hydrogens is 206 g/mol. The molecule has 0 amide bonds. The van der Waals surface area contributed by atoms with Gasteiger partial charge in [0.1, 0.15) is 7.85 Å². The fourth-order valence-electron chi connectivity index (χ4n) is 1.93. The van der Waals surface area contributed by atoms with Crippen LogP contribution in [0.1, 0.15) is 20.3 Å². The van der Waals surface area contributed by atoms with Crippen LogP contribution in [0.25, 0.3) is 0 Å². The lowest BCUT2D eigenvalue weighted by Gasteiger charge is -2.26. The van der Waals surface area contributed by atoms with Crippen molar-refractivity contribution in [3.8, 4) is 0 Å². The second kappa shape index (κ2) is 4.27. The highest BCUT2D eigenvalue weighted by molar-refractivity contribution is 7.72. The van der Waals surface area contributed by atoms with Crippen LogP contribution in [-0.4, -0.2) is 57.0 Å². The summed E-state index contributed by atoms with van der Waals surface area (Å²) in [7, 11) is 2.05. The molecule has 4 heteroatoms. The summed E-state index contributed by atoms with van der Waals surface area (Å²) < 4.78 is 5.82. The van der Waals surface area contributed by atoms with Crippen LogP contribution in [0.15, 0.2) is 0 Å². The summed E-state index contributed by atoms with van der Waals surface area (Å²) in [6.07, 6.45) is 5.90. The summed E-state index contributed by atoms with van der Waals surface area (Å²) in [5.74, 6) is 0. The average molecular weight is 230 g/mol. The molecule has 88 valence electrons. The second-order valence-corrected chi connectivity index (χ2v) is 10.3. The molecule has 1 N–H and O–H groups in total. The fourth-order valence-corrected chi connectivity index (χ4v) is 2.89. The summed E-state index contributed by atoms with van der Waals surface area (Å²) in [5.41, 5.74) is -0.117. The molecule has 1 fully saturated rings. The quantitative estimate of drug-likeness (QED) is 0.574. The molecule has 0 aliphatic carbocycles. The molecule has 1 aliphatic heterocycles. The van der Waals surface area contributed by atoms with E-state index in [1.165, 1.54) is 0 Å². The Balaban J connectivity index is 2.57. The summed E-state index contributed by atoms with van der Waals surface area (Å²) in [5, 5.41) is 10.2. The van der Waals surface area contributed by atoms with Gasteiger partial charge in [-0.25, -0.2) is 0 Å². The first kappa shape index (κ1) is 13.4. The highest BCUT2D eigenvalue weighted by atomic mass is 31.2. The number of hydrogen-bond acceptors (Lipinski definition) is 2. The van der Waals surface area contributed by atoms with E-state index in [9.17, 15) is 5.11 Å². The van der Waals surface area contributed by atoms with Crippen molar-refractivity contribution in [1.29, 1.82) is 0 Å². The van der Waals surface area contributed by atoms with E-state index >= 15 is 0 Å². The first-order valence-electron chi connectivity index (χ1n) is 5.65. The first-order chi connectivity index (χ1) is 6.64. The second-order valence-electron chi connectivity index (χ2n) is 6.03. The zero-order chi connectivity index (χ0) is 11.9. The van der Waals surface area contributed by atoms with Gasteiger partial charge in [0.25, 0.3) is 0 Å². The van der Waals surface area contributed by atoms with Gasteiger partial charge in [0.05, 0.1) is 12.2 Å². The first-order valence-corrected chi connectivity index (χ1v) is 8.71. The van der Waals surface area contributed by atoms with E-state index in [1.807, 2.05) is 7.85 Å². The Morgan fingerprint density at radius 2 is 2.00 bits per heavy atom. The van der Waals surface area contributed by atoms with E-state index in [0.29, 0.717) is 0 Å². The van der Waals surface area contributed by atoms with Crippen molar-refractivity contribution in [3.63, 3.8) is 0 Å². The molecule has 3 atom stereocenters. The van der Waals surface area contributed by atoms with Crippen LogP contribution in [0.2, 0.25) is 0 Å². The number of hydrogen-bond donors (Lipinski definition) is 1. The van der Waals surface area contributed by atoms with Crippen molar-refractivity contribution >= 4 is 21.0 Å². The van der Waals surface area contributed by atoms with E-state index in [4.69, 9.17) is 4.74 Å². The minimum Gasteiger partial charge on any atom is -0.390 e. The fraction of sp³-hybridized carbons (Fsp3) is 0.909. The van der Waals surface area contributed by atoms with Gasteiger partial charge in [-0.15, -0.1) is 13.2 Å². The molecule has 0 unspecified atom stereocenters. The van der Waals surface area contributed by atoms with Gasteiger partial charge in [0.15, 0.2) is 0 Å². The van der Waals surface area contributed by atoms with Gasteiger partial charge >= 0.3 is 0 Å². The largest absolute Gasteiger partial charge is 0.390 e. The van der Waals surface area contributed by atoms with Crippen LogP contribution >= 0.6 is 6.89 Å². The number of aliphatic hydroxyl groups is 1. The zero-order valence-electron chi connectivity index (χ0n) is 10.7. The van der Waals surface area contributed by atoms with Crippen LogP contribution < -0.4 is 0 Å². The monoisotopic (exact) mass is 230 g/mol. The van der Waals surface area contributed by atoms with E-state index in [0.717, 1.165) is 12.6 Å². The highest BCUT2D eigenvalue weighted by Gasteiger charge is 2.46. The molecule has 0 spiro atoms. The standard InChI is InChI=1S/C11H24BO2P/c1-11(2)9(13)8(14-10(11)12)6-7-15(3,4)5/h8-10,13H,3,6-7,12H2,1-2,4-5H3/t8-,9-,10-/m1/s1. The normalized spacial score (nSPS) is 35.7. The van der Waals surface area contributed by atoms with E-state index in [-0.39, 0.29) is 23.6 Å². The van der Waals surface area contributed by atoms with Gasteiger partial charge in [-0.05, 0) is 25.9 Å². The van der Waals surface area contributed by atoms with E-state index < -0.39 is 6.89 Å². The third-order valence-electron chi connectivity index (χ3n) is 3.56. The average Bonchev–Trinajstić information content (AvgIpc) is 2.25. The maximum Gasteiger partial charge on any atom is 0.140 e. The lowest BCUT2D eigenvalue weighted by Crippen LogP contribution is -2.36. The number of rotatable bonds is 3. The Hall–Kier alpha value is 0.285. The molecule has 0 saturated carbocycles. The van der Waals surface area contributed by atoms with E-state index in [2.05, 4.69) is 33.5 Å². The van der Waals surface area contributed by atoms with Crippen LogP contribution in [0.5, 0.6) is 0 Å². The topological polar surface area (TPSA) is 29.5 Å². The Kier molecular flexibility index (Phi) is 3.80. The Labute approximate surface area is 94.8 Å². The minimum atomic E-state index is -0.997. The molecule has 0 aromatic carbocycles. The van der Waals surface area contributed by atoms with Crippen molar-refractivity contribution in [3.05, 3.63) is 0 Å². The SMILES string of the molecule is B[C@@H]1O[C@H](CCP(=C)(C)C)[C@@H](O)C1(C)C. The number of ether oxygens (including phenoxy) is 1. The third kappa shape index (κ3) is 3.12. The molecule has 1 saturated heterocycles. The molecule has 1 aliphatic rings. The lowest BCUT2D eigenvalue weighted by molar-refractivity contribution is 0.0266. The summed E-state index contributed by atoms with van der Waals surface area (Å²) in [6, 6.07) is 0.142. The molecule has 2 nitrogen and oxygen atoms in total. The van der Waals surface area contributed by atoms with Crippen molar-refractivity contribution in [1.82, 2.24) is 0 Å². The van der Waals surface area contributed by atoms with Crippen LogP contribution in [0.4, 0.5) is 0 Å². The van der Waals surface area contributed by atoms with Gasteiger partial charge in [-0.1, -0.05) is 13.8 Å². The lowest BCUT2D eigenvalue weighted by atomic mass is 9.73. The third-order valence-corrected chi connectivity index (χ3v) is 5.03. The molecule has 0 bridgehead atoms. The molecule has 15 heavy (non-hydrogen) atoms. The maximum absolute atomic E-state index is 10.2. The predicted molar refractivity (Wildman–Crippen MR) is 72.4 cm³/mol. The highest BCUT2D eigenvalue weighted by Crippen LogP contribution is 2.42. The summed E-state index contributed by atoms with van der Waals surface area (Å²) in [6.45, 7) is 7.61. The minimum absolute atomic E-state index is 0.0102. The Bertz CT molecular complexity index is 272. The van der Waals surface area contributed by atoms with Crippen LogP contribution in [0, 0.1) is 5.41 Å². The van der Waals surface area contributed by atoms with Crippen molar-refractivity contribution in [2.24, 2.45) is 5.41 Å². The van der Waals surface area contributed by atoms with E-state index in [1.54, 1.807) is 0 Å².